The van der Waals surface area contributed by atoms with E-state index in [2.05, 4.69) is 39.3 Å². The number of nitrogens with one attached hydrogen (secondary N) is 2. The number of aromatic carboxylic acids is 1. The fraction of sp³-hybridized carbons (Fsp3) is 0.308. The van der Waals surface area contributed by atoms with Gasteiger partial charge in [-0.05, 0) is 53.6 Å². The summed E-state index contributed by atoms with van der Waals surface area (Å²) < 4.78 is 9.63. The predicted octanol–water partition coefficient (Wildman–Crippen LogP) is 4.80. The molecule has 3 aromatic rings. The van der Waals surface area contributed by atoms with Gasteiger partial charge in [-0.3, -0.25) is 4.79 Å². The topological polar surface area (TPSA) is 118 Å². The Labute approximate surface area is 206 Å². The Hall–Kier alpha value is -3.72. The number of benzene rings is 2. The standard InChI is InChI=1S/C26H25N3O5S/c1-15-21(23(30)31)22(35-29-15)28-24(32)26(11-6-12-26)14-27-25(33)34-13-20-18-9-4-2-7-16(18)17-8-3-5-10-19(17)20/h2-5,7-10,20H,6,11-14H2,1H3,(H,27,33)(H,28,32)(H,30,31). The molecule has 0 aliphatic heterocycles. The first kappa shape index (κ1) is 23.0. The van der Waals surface area contributed by atoms with Crippen LogP contribution < -0.4 is 10.6 Å². The summed E-state index contributed by atoms with van der Waals surface area (Å²) in [5.41, 5.74) is 4.14. The molecule has 2 aromatic carbocycles. The van der Waals surface area contributed by atoms with E-state index >= 15 is 0 Å². The molecule has 1 fully saturated rings. The maximum Gasteiger partial charge on any atom is 0.407 e. The number of aromatic nitrogens is 1. The van der Waals surface area contributed by atoms with Crippen molar-refractivity contribution in [1.82, 2.24) is 9.69 Å². The zero-order chi connectivity index (χ0) is 24.6. The second kappa shape index (κ2) is 9.14. The first-order valence-electron chi connectivity index (χ1n) is 11.5. The molecule has 0 unspecified atom stereocenters. The van der Waals surface area contributed by atoms with Crippen molar-refractivity contribution >= 4 is 34.5 Å². The number of hydrogen-bond donors (Lipinski definition) is 3. The number of carboxylic acids is 1. The number of alkyl carbamates (subject to hydrolysis) is 1. The van der Waals surface area contributed by atoms with E-state index in [4.69, 9.17) is 4.74 Å². The molecule has 9 heteroatoms. The number of carbonyl (C=O) groups is 3. The van der Waals surface area contributed by atoms with Crippen molar-refractivity contribution in [2.24, 2.45) is 5.41 Å². The fourth-order valence-corrected chi connectivity index (χ4v) is 5.71. The molecular formula is C26H25N3O5S. The monoisotopic (exact) mass is 491 g/mol. The van der Waals surface area contributed by atoms with Gasteiger partial charge in [-0.2, -0.15) is 4.37 Å². The maximum absolute atomic E-state index is 13.0. The second-order valence-corrected chi connectivity index (χ2v) is 9.82. The first-order valence-corrected chi connectivity index (χ1v) is 12.3. The second-order valence-electron chi connectivity index (χ2n) is 9.04. The van der Waals surface area contributed by atoms with Crippen LogP contribution in [0.15, 0.2) is 48.5 Å². The van der Waals surface area contributed by atoms with Gasteiger partial charge in [0.25, 0.3) is 0 Å². The molecule has 0 spiro atoms. The van der Waals surface area contributed by atoms with Crippen LogP contribution in [0, 0.1) is 12.3 Å². The van der Waals surface area contributed by atoms with Gasteiger partial charge in [0.05, 0.1) is 11.1 Å². The number of amides is 2. The van der Waals surface area contributed by atoms with E-state index in [9.17, 15) is 19.5 Å². The van der Waals surface area contributed by atoms with Crippen molar-refractivity contribution < 1.29 is 24.2 Å². The van der Waals surface area contributed by atoms with E-state index < -0.39 is 17.5 Å². The number of carboxylic acid groups (broad SMARTS) is 1. The summed E-state index contributed by atoms with van der Waals surface area (Å²) >= 11 is 0.944. The van der Waals surface area contributed by atoms with Gasteiger partial charge in [-0.25, -0.2) is 9.59 Å². The average Bonchev–Trinajstić information content (AvgIpc) is 3.34. The summed E-state index contributed by atoms with van der Waals surface area (Å²) in [5, 5.41) is 15.1. The number of anilines is 1. The Balaban J connectivity index is 1.21. The number of aryl methyl sites for hydroxylation is 1. The summed E-state index contributed by atoms with van der Waals surface area (Å²) in [7, 11) is 0. The van der Waals surface area contributed by atoms with Gasteiger partial charge in [0.1, 0.15) is 17.2 Å². The van der Waals surface area contributed by atoms with Gasteiger partial charge in [-0.1, -0.05) is 55.0 Å². The molecular weight excluding hydrogens is 466 g/mol. The number of ether oxygens (including phenoxy) is 1. The SMILES string of the molecule is Cc1nsc(NC(=O)C2(CNC(=O)OCC3c4ccccc4-c4ccccc43)CCC2)c1C(=O)O. The summed E-state index contributed by atoms with van der Waals surface area (Å²) in [4.78, 5) is 37.1. The molecule has 5 rings (SSSR count). The van der Waals surface area contributed by atoms with Crippen LogP contribution in [0.4, 0.5) is 9.80 Å². The molecule has 0 atom stereocenters. The molecule has 0 radical (unpaired) electrons. The van der Waals surface area contributed by atoms with Gasteiger partial charge in [0, 0.05) is 12.5 Å². The van der Waals surface area contributed by atoms with Crippen LogP contribution in [0.1, 0.15) is 52.4 Å². The van der Waals surface area contributed by atoms with E-state index in [0.29, 0.717) is 18.5 Å². The minimum Gasteiger partial charge on any atom is -0.478 e. The highest BCUT2D eigenvalue weighted by atomic mass is 32.1. The lowest BCUT2D eigenvalue weighted by atomic mass is 9.68. The third kappa shape index (κ3) is 4.16. The van der Waals surface area contributed by atoms with E-state index in [1.165, 1.54) is 0 Å². The van der Waals surface area contributed by atoms with Crippen LogP contribution in [0.3, 0.4) is 0 Å². The van der Waals surface area contributed by atoms with Crippen molar-refractivity contribution in [3.8, 4) is 11.1 Å². The smallest absolute Gasteiger partial charge is 0.407 e. The van der Waals surface area contributed by atoms with Gasteiger partial charge in [0.2, 0.25) is 5.91 Å². The molecule has 2 aliphatic carbocycles. The lowest BCUT2D eigenvalue weighted by Gasteiger charge is -2.39. The van der Waals surface area contributed by atoms with Crippen LogP contribution in [-0.2, 0) is 9.53 Å². The van der Waals surface area contributed by atoms with E-state index in [0.717, 1.165) is 40.2 Å². The Morgan fingerprint density at radius 3 is 2.29 bits per heavy atom. The van der Waals surface area contributed by atoms with Crippen molar-refractivity contribution in [3.05, 3.63) is 70.9 Å². The van der Waals surface area contributed by atoms with Gasteiger partial charge in [0.15, 0.2) is 0 Å². The molecule has 0 saturated heterocycles. The summed E-state index contributed by atoms with van der Waals surface area (Å²) in [6.07, 6.45) is 1.48. The van der Waals surface area contributed by atoms with Gasteiger partial charge >= 0.3 is 12.1 Å². The lowest BCUT2D eigenvalue weighted by Crippen LogP contribution is -2.50. The third-order valence-electron chi connectivity index (χ3n) is 7.01. The molecule has 2 amide bonds. The molecule has 1 saturated carbocycles. The Morgan fingerprint density at radius 1 is 1.09 bits per heavy atom. The Bertz CT molecular complexity index is 1270. The highest BCUT2D eigenvalue weighted by molar-refractivity contribution is 7.11. The minimum absolute atomic E-state index is 0.00215. The summed E-state index contributed by atoms with van der Waals surface area (Å²) in [6.45, 7) is 1.91. The number of nitrogens with zero attached hydrogens (tertiary/aromatic N) is 1. The molecule has 180 valence electrons. The van der Waals surface area contributed by atoms with Crippen molar-refractivity contribution in [1.29, 1.82) is 0 Å². The highest BCUT2D eigenvalue weighted by Gasteiger charge is 2.45. The normalized spacial score (nSPS) is 15.5. The van der Waals surface area contributed by atoms with E-state index in [1.54, 1.807) is 6.92 Å². The zero-order valence-electron chi connectivity index (χ0n) is 19.2. The highest BCUT2D eigenvalue weighted by Crippen LogP contribution is 2.45. The van der Waals surface area contributed by atoms with Crippen LogP contribution in [0.5, 0.6) is 0 Å². The largest absolute Gasteiger partial charge is 0.478 e. The minimum atomic E-state index is -1.13. The zero-order valence-corrected chi connectivity index (χ0v) is 20.0. The lowest BCUT2D eigenvalue weighted by molar-refractivity contribution is -0.129. The van der Waals surface area contributed by atoms with Crippen molar-refractivity contribution in [2.75, 3.05) is 18.5 Å². The molecule has 2 aliphatic rings. The third-order valence-corrected chi connectivity index (χ3v) is 7.86. The molecule has 8 nitrogen and oxygen atoms in total. The van der Waals surface area contributed by atoms with Crippen LogP contribution in [-0.4, -0.2) is 40.6 Å². The molecule has 1 heterocycles. The molecule has 1 aromatic heterocycles. The number of hydrogen-bond acceptors (Lipinski definition) is 6. The maximum atomic E-state index is 13.0. The van der Waals surface area contributed by atoms with E-state index in [1.807, 2.05) is 24.3 Å². The summed E-state index contributed by atoms with van der Waals surface area (Å²) in [5.74, 6) is -1.49. The van der Waals surface area contributed by atoms with E-state index in [-0.39, 0.29) is 35.5 Å². The van der Waals surface area contributed by atoms with Crippen molar-refractivity contribution in [3.63, 3.8) is 0 Å². The quantitative estimate of drug-likeness (QED) is 0.437. The van der Waals surface area contributed by atoms with Crippen LogP contribution in [0.2, 0.25) is 0 Å². The van der Waals surface area contributed by atoms with Gasteiger partial charge in [-0.15, -0.1) is 0 Å². The van der Waals surface area contributed by atoms with Crippen molar-refractivity contribution in [2.45, 2.75) is 32.1 Å². The summed E-state index contributed by atoms with van der Waals surface area (Å²) in [6, 6.07) is 16.2. The fourth-order valence-electron chi connectivity index (χ4n) is 4.92. The van der Waals surface area contributed by atoms with Crippen LogP contribution >= 0.6 is 11.5 Å². The number of rotatable bonds is 7. The van der Waals surface area contributed by atoms with Crippen LogP contribution in [0.25, 0.3) is 11.1 Å². The molecule has 0 bridgehead atoms. The Morgan fingerprint density at radius 2 is 1.71 bits per heavy atom. The molecule has 3 N–H and O–H groups in total. The number of carbonyl (C=O) groups excluding carboxylic acids is 2. The molecule has 35 heavy (non-hydrogen) atoms. The first-order chi connectivity index (χ1) is 16.9. The number of fused-ring (bicyclic) bond motifs is 3. The average molecular weight is 492 g/mol. The predicted molar refractivity (Wildman–Crippen MR) is 132 cm³/mol. The van der Waals surface area contributed by atoms with Gasteiger partial charge < -0.3 is 20.5 Å². The Kier molecular flexibility index (Phi) is 6.02.